The molecule has 0 aliphatic carbocycles. The first kappa shape index (κ1) is 11.2. The van der Waals surface area contributed by atoms with Crippen LogP contribution in [0.5, 0.6) is 0 Å². The maximum Gasteiger partial charge on any atom is 0.265 e. The summed E-state index contributed by atoms with van der Waals surface area (Å²) in [6.07, 6.45) is 0.424. The van der Waals surface area contributed by atoms with Crippen LogP contribution in [0.4, 0.5) is 0 Å². The van der Waals surface area contributed by atoms with E-state index in [2.05, 4.69) is 11.8 Å². The molecule has 1 aromatic carbocycles. The lowest BCUT2D eigenvalue weighted by molar-refractivity contribution is 0.0953. The highest BCUT2D eigenvalue weighted by molar-refractivity contribution is 5.94. The van der Waals surface area contributed by atoms with Gasteiger partial charge in [0.15, 0.2) is 0 Å². The Morgan fingerprint density at radius 1 is 1.53 bits per heavy atom. The number of nitrogens with one attached hydrogen (secondary N) is 1. The van der Waals surface area contributed by atoms with Gasteiger partial charge in [-0.1, -0.05) is 17.9 Å². The van der Waals surface area contributed by atoms with Gasteiger partial charge in [0.1, 0.15) is 0 Å². The van der Waals surface area contributed by atoms with Crippen molar-refractivity contribution in [1.29, 1.82) is 0 Å². The smallest absolute Gasteiger partial charge is 0.265 e. The number of nitrogens with two attached hydrogens (primary N) is 1. The van der Waals surface area contributed by atoms with E-state index in [0.717, 1.165) is 5.56 Å². The molecule has 0 radical (unpaired) electrons. The van der Waals surface area contributed by atoms with Gasteiger partial charge >= 0.3 is 0 Å². The molecule has 0 aromatic heterocycles. The highest BCUT2D eigenvalue weighted by Gasteiger charge is 2.01. The molecule has 0 heterocycles. The number of hydrazine groups is 1. The molecule has 78 valence electrons. The van der Waals surface area contributed by atoms with E-state index in [1.165, 1.54) is 0 Å². The van der Waals surface area contributed by atoms with E-state index in [9.17, 15) is 4.79 Å². The van der Waals surface area contributed by atoms with Gasteiger partial charge in [0.25, 0.3) is 5.91 Å². The highest BCUT2D eigenvalue weighted by atomic mass is 16.2. The zero-order chi connectivity index (χ0) is 11.1. The second-order valence-corrected chi connectivity index (χ2v) is 2.83. The van der Waals surface area contributed by atoms with Gasteiger partial charge in [-0.3, -0.25) is 10.2 Å². The summed E-state index contributed by atoms with van der Waals surface area (Å²) in [4.78, 5) is 11.2. The molecule has 0 saturated carbocycles. The molecule has 4 heteroatoms. The minimum Gasteiger partial charge on any atom is -0.395 e. The number of hydrogen-bond donors (Lipinski definition) is 3. The van der Waals surface area contributed by atoms with Gasteiger partial charge in [0, 0.05) is 17.5 Å². The maximum atomic E-state index is 11.2. The lowest BCUT2D eigenvalue weighted by atomic mass is 10.1. The molecule has 0 fully saturated rings. The summed E-state index contributed by atoms with van der Waals surface area (Å²) < 4.78 is 0. The van der Waals surface area contributed by atoms with E-state index in [-0.39, 0.29) is 12.5 Å². The van der Waals surface area contributed by atoms with Crippen molar-refractivity contribution in [3.8, 4) is 11.8 Å². The van der Waals surface area contributed by atoms with Gasteiger partial charge in [0.2, 0.25) is 0 Å². The fraction of sp³-hybridized carbons (Fsp3) is 0.182. The highest BCUT2D eigenvalue weighted by Crippen LogP contribution is 2.03. The standard InChI is InChI=1S/C11H12N2O2/c12-13-11(15)10-6-3-5-9(8-10)4-1-2-7-14/h3,5-6,8,14H,2,7,12H2,(H,13,15). The topological polar surface area (TPSA) is 75.3 Å². The molecule has 15 heavy (non-hydrogen) atoms. The van der Waals surface area contributed by atoms with Gasteiger partial charge in [0.05, 0.1) is 6.61 Å². The third-order valence-electron chi connectivity index (χ3n) is 1.73. The van der Waals surface area contributed by atoms with E-state index in [4.69, 9.17) is 10.9 Å². The second-order valence-electron chi connectivity index (χ2n) is 2.83. The summed E-state index contributed by atoms with van der Waals surface area (Å²) in [6, 6.07) is 6.82. The van der Waals surface area contributed by atoms with Crippen LogP contribution in [0.2, 0.25) is 0 Å². The number of nitrogen functional groups attached to an aromatic ring is 1. The molecule has 0 spiro atoms. The van der Waals surface area contributed by atoms with Crippen LogP contribution < -0.4 is 11.3 Å². The van der Waals surface area contributed by atoms with Crippen molar-refractivity contribution in [2.24, 2.45) is 5.84 Å². The van der Waals surface area contributed by atoms with E-state index < -0.39 is 0 Å². The first-order chi connectivity index (χ1) is 7.27. The van der Waals surface area contributed by atoms with Gasteiger partial charge in [-0.15, -0.1) is 0 Å². The molecule has 0 aliphatic heterocycles. The lowest BCUT2D eigenvalue weighted by Crippen LogP contribution is -2.29. The van der Waals surface area contributed by atoms with Crippen LogP contribution in [0.1, 0.15) is 22.3 Å². The summed E-state index contributed by atoms with van der Waals surface area (Å²) in [5.41, 5.74) is 3.24. The van der Waals surface area contributed by atoms with E-state index >= 15 is 0 Å². The summed E-state index contributed by atoms with van der Waals surface area (Å²) in [7, 11) is 0. The van der Waals surface area contributed by atoms with Crippen molar-refractivity contribution in [3.63, 3.8) is 0 Å². The molecule has 1 amide bonds. The van der Waals surface area contributed by atoms with Crippen LogP contribution in [0, 0.1) is 11.8 Å². The molecule has 0 saturated heterocycles. The number of benzene rings is 1. The predicted octanol–water partition coefficient (Wildman–Crippen LogP) is 0.0240. The largest absolute Gasteiger partial charge is 0.395 e. The van der Waals surface area contributed by atoms with Crippen LogP contribution in [0.25, 0.3) is 0 Å². The van der Waals surface area contributed by atoms with Crippen LogP contribution in [0.15, 0.2) is 24.3 Å². The summed E-state index contributed by atoms with van der Waals surface area (Å²) >= 11 is 0. The van der Waals surface area contributed by atoms with Gasteiger partial charge < -0.3 is 5.11 Å². The zero-order valence-corrected chi connectivity index (χ0v) is 8.16. The van der Waals surface area contributed by atoms with Gasteiger partial charge in [-0.2, -0.15) is 0 Å². The number of aliphatic hydroxyl groups excluding tert-OH is 1. The minimum atomic E-state index is -0.346. The van der Waals surface area contributed by atoms with E-state index in [1.807, 2.05) is 5.43 Å². The normalized spacial score (nSPS) is 8.93. The van der Waals surface area contributed by atoms with Crippen molar-refractivity contribution in [2.75, 3.05) is 6.61 Å². The fourth-order valence-electron chi connectivity index (χ4n) is 1.04. The SMILES string of the molecule is NNC(=O)c1cccc(C#CCCO)c1. The Morgan fingerprint density at radius 2 is 2.33 bits per heavy atom. The average Bonchev–Trinajstić information content (AvgIpc) is 2.29. The quantitative estimate of drug-likeness (QED) is 0.275. The maximum absolute atomic E-state index is 11.2. The Labute approximate surface area is 88.1 Å². The number of carbonyl (C=O) groups excluding carboxylic acids is 1. The van der Waals surface area contributed by atoms with Crippen LogP contribution in [0.3, 0.4) is 0 Å². The van der Waals surface area contributed by atoms with Gasteiger partial charge in [-0.25, -0.2) is 5.84 Å². The molecular formula is C11H12N2O2. The lowest BCUT2D eigenvalue weighted by Gasteiger charge is -1.99. The molecule has 0 bridgehead atoms. The van der Waals surface area contributed by atoms with Crippen molar-refractivity contribution >= 4 is 5.91 Å². The Balaban J connectivity index is 2.84. The average molecular weight is 204 g/mol. The minimum absolute atomic E-state index is 0.0377. The predicted molar refractivity (Wildman–Crippen MR) is 56.7 cm³/mol. The third kappa shape index (κ3) is 3.43. The summed E-state index contributed by atoms with van der Waals surface area (Å²) in [5.74, 6) is 10.3. The number of carbonyl (C=O) groups is 1. The van der Waals surface area contributed by atoms with Crippen molar-refractivity contribution in [3.05, 3.63) is 35.4 Å². The van der Waals surface area contributed by atoms with E-state index in [0.29, 0.717) is 12.0 Å². The molecule has 0 unspecified atom stereocenters. The molecular weight excluding hydrogens is 192 g/mol. The number of rotatable bonds is 2. The molecule has 1 rings (SSSR count). The van der Waals surface area contributed by atoms with Crippen LogP contribution >= 0.6 is 0 Å². The van der Waals surface area contributed by atoms with Crippen molar-refractivity contribution in [2.45, 2.75) is 6.42 Å². The molecule has 4 N–H and O–H groups in total. The van der Waals surface area contributed by atoms with Crippen molar-refractivity contribution in [1.82, 2.24) is 5.43 Å². The number of aliphatic hydroxyl groups is 1. The first-order valence-corrected chi connectivity index (χ1v) is 4.48. The Bertz CT molecular complexity index is 405. The molecule has 0 aliphatic rings. The molecule has 1 aromatic rings. The third-order valence-corrected chi connectivity index (χ3v) is 1.73. The van der Waals surface area contributed by atoms with Gasteiger partial charge in [-0.05, 0) is 18.2 Å². The second kappa shape index (κ2) is 5.81. The van der Waals surface area contributed by atoms with E-state index in [1.54, 1.807) is 24.3 Å². The number of amides is 1. The van der Waals surface area contributed by atoms with Crippen LogP contribution in [-0.2, 0) is 0 Å². The van der Waals surface area contributed by atoms with Crippen molar-refractivity contribution < 1.29 is 9.90 Å². The Hall–Kier alpha value is -1.83. The Morgan fingerprint density at radius 3 is 3.00 bits per heavy atom. The fourth-order valence-corrected chi connectivity index (χ4v) is 1.04. The Kier molecular flexibility index (Phi) is 4.35. The summed E-state index contributed by atoms with van der Waals surface area (Å²) in [6.45, 7) is 0.0377. The van der Waals surface area contributed by atoms with Crippen LogP contribution in [-0.4, -0.2) is 17.6 Å². The molecule has 0 atom stereocenters. The molecule has 4 nitrogen and oxygen atoms in total. The zero-order valence-electron chi connectivity index (χ0n) is 8.16. The number of hydrogen-bond acceptors (Lipinski definition) is 3. The monoisotopic (exact) mass is 204 g/mol. The first-order valence-electron chi connectivity index (χ1n) is 4.48. The summed E-state index contributed by atoms with van der Waals surface area (Å²) in [5, 5.41) is 8.54.